The normalized spacial score (nSPS) is 10.6. The fourth-order valence-electron chi connectivity index (χ4n) is 2.87. The van der Waals surface area contributed by atoms with E-state index in [1.165, 1.54) is 27.7 Å². The van der Waals surface area contributed by atoms with Crippen LogP contribution in [0.25, 0.3) is 10.9 Å². The molecule has 3 aromatic rings. The van der Waals surface area contributed by atoms with Gasteiger partial charge in [0.1, 0.15) is 6.54 Å². The molecule has 0 saturated heterocycles. The first kappa shape index (κ1) is 15.9. The van der Waals surface area contributed by atoms with E-state index in [2.05, 4.69) is 47.7 Å². The predicted octanol–water partition coefficient (Wildman–Crippen LogP) is 0.168. The number of aryl methyl sites for hydroxylation is 1. The van der Waals surface area contributed by atoms with Gasteiger partial charge in [-0.15, -0.1) is 0 Å². The summed E-state index contributed by atoms with van der Waals surface area (Å²) < 4.78 is 2.24. The van der Waals surface area contributed by atoms with E-state index in [0.717, 1.165) is 18.0 Å². The van der Waals surface area contributed by atoms with Crippen molar-refractivity contribution in [2.24, 2.45) is 7.05 Å². The Bertz CT molecular complexity index is 763. The van der Waals surface area contributed by atoms with Gasteiger partial charge in [-0.05, 0) is 23.3 Å². The topological polar surface area (TPSA) is 32.6 Å². The molecule has 2 aromatic carbocycles. The molecule has 1 aromatic heterocycles. The number of hydrogen-bond donors (Lipinski definition) is 1. The van der Waals surface area contributed by atoms with Crippen LogP contribution in [-0.2, 0) is 20.0 Å². The largest absolute Gasteiger partial charge is 1.00 e. The van der Waals surface area contributed by atoms with E-state index in [1.807, 2.05) is 18.2 Å². The van der Waals surface area contributed by atoms with E-state index in [0.29, 0.717) is 0 Å². The summed E-state index contributed by atoms with van der Waals surface area (Å²) in [5, 5.41) is 2.13. The number of halogens is 2. The number of fused-ring (bicyclic) bond motifs is 1. The fraction of sp³-hybridized carbons (Fsp3) is 0.176. The average Bonchev–Trinajstić information content (AvgIpc) is 2.74. The smallest absolute Gasteiger partial charge is 0.115 e. The van der Waals surface area contributed by atoms with Crippen molar-refractivity contribution in [2.45, 2.75) is 13.0 Å². The summed E-state index contributed by atoms with van der Waals surface area (Å²) in [6.07, 6.45) is 0.853. The minimum absolute atomic E-state index is 0. The number of benzene rings is 2. The van der Waals surface area contributed by atoms with Crippen LogP contribution in [0.2, 0.25) is 5.02 Å². The van der Waals surface area contributed by atoms with Crippen molar-refractivity contribution in [2.75, 3.05) is 0 Å². The highest BCUT2D eigenvalue weighted by Gasteiger charge is 2.15. The molecular weight excluding hydrogens is 303 g/mol. The molecule has 0 atom stereocenters. The van der Waals surface area contributed by atoms with E-state index in [1.54, 1.807) is 0 Å². The fourth-order valence-corrected chi connectivity index (χ4v) is 3.08. The molecular formula is C17H18Cl2N2. The molecule has 1 heterocycles. The Labute approximate surface area is 135 Å². The van der Waals surface area contributed by atoms with Crippen molar-refractivity contribution in [3.8, 4) is 0 Å². The quantitative estimate of drug-likeness (QED) is 0.713. The Morgan fingerprint density at radius 3 is 2.43 bits per heavy atom. The van der Waals surface area contributed by atoms with Crippen LogP contribution in [0.4, 0.5) is 0 Å². The van der Waals surface area contributed by atoms with Crippen molar-refractivity contribution in [1.82, 2.24) is 4.57 Å². The van der Waals surface area contributed by atoms with Gasteiger partial charge in [0.25, 0.3) is 0 Å². The lowest BCUT2D eigenvalue weighted by Gasteiger charge is -2.06. The maximum Gasteiger partial charge on any atom is 0.115 e. The highest BCUT2D eigenvalue weighted by atomic mass is 35.5. The molecule has 0 aliphatic heterocycles. The molecule has 3 rings (SSSR count). The second kappa shape index (κ2) is 6.52. The summed E-state index contributed by atoms with van der Waals surface area (Å²) in [4.78, 5) is 0. The maximum atomic E-state index is 6.31. The molecule has 2 nitrogen and oxygen atoms in total. The Morgan fingerprint density at radius 2 is 1.71 bits per heavy atom. The number of aromatic nitrogens is 1. The van der Waals surface area contributed by atoms with Crippen LogP contribution in [0.3, 0.4) is 0 Å². The number of hydrogen-bond acceptors (Lipinski definition) is 0. The zero-order chi connectivity index (χ0) is 14.1. The van der Waals surface area contributed by atoms with E-state index < -0.39 is 0 Å². The molecule has 0 radical (unpaired) electrons. The maximum absolute atomic E-state index is 6.31. The van der Waals surface area contributed by atoms with Gasteiger partial charge in [-0.1, -0.05) is 48.0 Å². The third-order valence-corrected chi connectivity index (χ3v) is 4.27. The first-order valence-corrected chi connectivity index (χ1v) is 7.18. The van der Waals surface area contributed by atoms with Crippen molar-refractivity contribution in [3.05, 3.63) is 70.4 Å². The van der Waals surface area contributed by atoms with Crippen LogP contribution < -0.4 is 18.1 Å². The molecule has 0 saturated carbocycles. The minimum Gasteiger partial charge on any atom is -1.00 e. The predicted molar refractivity (Wildman–Crippen MR) is 83.8 cm³/mol. The highest BCUT2D eigenvalue weighted by Crippen LogP contribution is 2.29. The zero-order valence-electron chi connectivity index (χ0n) is 11.9. The minimum atomic E-state index is 0. The van der Waals surface area contributed by atoms with Crippen molar-refractivity contribution in [1.29, 1.82) is 0 Å². The molecule has 0 aliphatic carbocycles. The molecule has 4 heteroatoms. The summed E-state index contributed by atoms with van der Waals surface area (Å²) in [5.74, 6) is 0. The van der Waals surface area contributed by atoms with Gasteiger partial charge in [-0.3, -0.25) is 0 Å². The first-order valence-electron chi connectivity index (χ1n) is 6.80. The molecule has 0 aliphatic rings. The molecule has 0 spiro atoms. The van der Waals surface area contributed by atoms with Crippen LogP contribution in [0.5, 0.6) is 0 Å². The second-order valence-corrected chi connectivity index (χ2v) is 5.43. The SMILES string of the molecule is Cn1c(C[NH3+])c(Cc2ccccc2Cl)c2ccccc21.[Cl-]. The number of rotatable bonds is 3. The first-order chi connectivity index (χ1) is 9.72. The lowest BCUT2D eigenvalue weighted by atomic mass is 10.0. The zero-order valence-corrected chi connectivity index (χ0v) is 13.5. The summed E-state index contributed by atoms with van der Waals surface area (Å²) in [6.45, 7) is 0.783. The standard InChI is InChI=1S/C17H17ClN2.ClH/c1-20-16-9-5-3-7-13(16)14(17(20)11-19)10-12-6-2-4-8-15(12)18;/h2-9H,10-11,19H2,1H3;1H. The molecule has 3 N–H and O–H groups in total. The Morgan fingerprint density at radius 1 is 1.05 bits per heavy atom. The van der Waals surface area contributed by atoms with Crippen LogP contribution >= 0.6 is 11.6 Å². The number of nitrogens with zero attached hydrogens (tertiary/aromatic N) is 1. The van der Waals surface area contributed by atoms with Gasteiger partial charge >= 0.3 is 0 Å². The van der Waals surface area contributed by atoms with Gasteiger partial charge in [0.2, 0.25) is 0 Å². The highest BCUT2D eigenvalue weighted by molar-refractivity contribution is 6.31. The Balaban J connectivity index is 0.00000161. The molecule has 110 valence electrons. The molecule has 0 unspecified atom stereocenters. The third kappa shape index (κ3) is 2.80. The van der Waals surface area contributed by atoms with Crippen LogP contribution in [0.1, 0.15) is 16.8 Å². The van der Waals surface area contributed by atoms with Gasteiger partial charge in [0.05, 0.1) is 5.69 Å². The van der Waals surface area contributed by atoms with E-state index >= 15 is 0 Å². The van der Waals surface area contributed by atoms with Gasteiger partial charge in [0.15, 0.2) is 0 Å². The van der Waals surface area contributed by atoms with E-state index in [9.17, 15) is 0 Å². The lowest BCUT2D eigenvalue weighted by molar-refractivity contribution is -0.387. The van der Waals surface area contributed by atoms with Crippen molar-refractivity contribution < 1.29 is 18.1 Å². The summed E-state index contributed by atoms with van der Waals surface area (Å²) >= 11 is 6.31. The summed E-state index contributed by atoms with van der Waals surface area (Å²) in [6, 6.07) is 16.6. The van der Waals surface area contributed by atoms with Crippen LogP contribution in [0, 0.1) is 0 Å². The Kier molecular flexibility index (Phi) is 4.94. The number of quaternary nitrogens is 1. The van der Waals surface area contributed by atoms with Gasteiger partial charge < -0.3 is 22.7 Å². The lowest BCUT2D eigenvalue weighted by Crippen LogP contribution is -3.00. The monoisotopic (exact) mass is 320 g/mol. The van der Waals surface area contributed by atoms with Crippen LogP contribution in [0.15, 0.2) is 48.5 Å². The van der Waals surface area contributed by atoms with Crippen molar-refractivity contribution >= 4 is 22.5 Å². The number of para-hydroxylation sites is 1. The van der Waals surface area contributed by atoms with Crippen molar-refractivity contribution in [3.63, 3.8) is 0 Å². The van der Waals surface area contributed by atoms with E-state index in [-0.39, 0.29) is 12.4 Å². The van der Waals surface area contributed by atoms with Gasteiger partial charge in [-0.25, -0.2) is 0 Å². The summed E-state index contributed by atoms with van der Waals surface area (Å²) in [7, 11) is 2.11. The molecule has 0 amide bonds. The summed E-state index contributed by atoms with van der Waals surface area (Å²) in [5.41, 5.74) is 9.13. The van der Waals surface area contributed by atoms with Crippen LogP contribution in [-0.4, -0.2) is 4.57 Å². The Hall–Kier alpha value is -1.48. The van der Waals surface area contributed by atoms with Gasteiger partial charge in [0, 0.05) is 29.4 Å². The van der Waals surface area contributed by atoms with Gasteiger partial charge in [-0.2, -0.15) is 0 Å². The van der Waals surface area contributed by atoms with E-state index in [4.69, 9.17) is 11.6 Å². The molecule has 21 heavy (non-hydrogen) atoms. The second-order valence-electron chi connectivity index (χ2n) is 5.02. The molecule has 0 fully saturated rings. The third-order valence-electron chi connectivity index (χ3n) is 3.91. The average molecular weight is 321 g/mol. The molecule has 0 bridgehead atoms.